The molecule has 14 nitrogen and oxygen atoms in total. The van der Waals surface area contributed by atoms with Crippen molar-refractivity contribution in [3.8, 4) is 0 Å². The number of allylic oxidation sites excluding steroid dienone is 1. The number of ether oxygens (including phenoxy) is 2. The molecule has 53 heavy (non-hydrogen) atoms. The van der Waals surface area contributed by atoms with Gasteiger partial charge in [-0.1, -0.05) is 51.2 Å². The summed E-state index contributed by atoms with van der Waals surface area (Å²) in [6.07, 6.45) is 13.0. The maximum Gasteiger partial charge on any atom is 0.411 e. The highest BCUT2D eigenvalue weighted by atomic mass is 32.2. The number of carbonyl (C=O) groups is 6. The van der Waals surface area contributed by atoms with Gasteiger partial charge >= 0.3 is 18.0 Å². The van der Waals surface area contributed by atoms with E-state index in [1.54, 1.807) is 12.3 Å². The van der Waals surface area contributed by atoms with Crippen molar-refractivity contribution in [3.63, 3.8) is 0 Å². The van der Waals surface area contributed by atoms with E-state index >= 15 is 0 Å². The quantitative estimate of drug-likeness (QED) is 0.0345. The Morgan fingerprint density at radius 2 is 1.70 bits per heavy atom. The van der Waals surface area contributed by atoms with Crippen molar-refractivity contribution in [1.82, 2.24) is 10.2 Å². The van der Waals surface area contributed by atoms with E-state index in [-0.39, 0.29) is 41.7 Å². The molecule has 1 aliphatic heterocycles. The fourth-order valence-corrected chi connectivity index (χ4v) is 8.48. The highest BCUT2D eigenvalue weighted by molar-refractivity contribution is 8.00. The number of nitrogens with one attached hydrogen (secondary N) is 1. The molecule has 2 saturated carbocycles. The number of nitrogens with zero attached hydrogens (tertiary/aromatic N) is 1. The minimum Gasteiger partial charge on any atom is -0.479 e. The number of likely N-dealkylation sites (tertiary alicyclic amines) is 1. The van der Waals surface area contributed by atoms with Crippen LogP contribution in [-0.4, -0.2) is 110 Å². The lowest BCUT2D eigenvalue weighted by Crippen LogP contribution is -2.67. The lowest BCUT2D eigenvalue weighted by atomic mass is 9.74. The van der Waals surface area contributed by atoms with Gasteiger partial charge in [0.1, 0.15) is 11.9 Å². The smallest absolute Gasteiger partial charge is 0.411 e. The van der Waals surface area contributed by atoms with Gasteiger partial charge in [-0.3, -0.25) is 24.1 Å². The van der Waals surface area contributed by atoms with Crippen LogP contribution in [0.2, 0.25) is 0 Å². The average molecular weight is 769 g/mol. The summed E-state index contributed by atoms with van der Waals surface area (Å²) in [4.78, 5) is 75.5. The summed E-state index contributed by atoms with van der Waals surface area (Å²) in [7, 11) is 0. The van der Waals surface area contributed by atoms with Crippen molar-refractivity contribution in [2.45, 2.75) is 139 Å². The fourth-order valence-electron chi connectivity index (χ4n) is 7.84. The molecule has 3 aliphatic rings. The molecule has 5 N–H and O–H groups in total. The summed E-state index contributed by atoms with van der Waals surface area (Å²) in [6.45, 7) is 0.376. The van der Waals surface area contributed by atoms with Crippen molar-refractivity contribution in [2.75, 3.05) is 26.2 Å². The van der Waals surface area contributed by atoms with Gasteiger partial charge in [-0.05, 0) is 82.3 Å². The zero-order valence-electron chi connectivity index (χ0n) is 31.2. The topological polar surface area (TPSA) is 217 Å². The van der Waals surface area contributed by atoms with Crippen LogP contribution in [0.1, 0.15) is 116 Å². The molecule has 0 aromatic heterocycles. The Kier molecular flexibility index (Phi) is 18.7. The molecule has 3 rings (SSSR count). The molecule has 0 aromatic rings. The van der Waals surface area contributed by atoms with Crippen LogP contribution in [0.5, 0.6) is 0 Å². The molecule has 1 heterocycles. The van der Waals surface area contributed by atoms with Crippen LogP contribution in [0, 0.1) is 23.7 Å². The molecule has 3 fully saturated rings. The summed E-state index contributed by atoms with van der Waals surface area (Å²) in [5.74, 6) is -2.03. The molecular weight excluding hydrogens is 708 g/mol. The summed E-state index contributed by atoms with van der Waals surface area (Å²) in [5.41, 5.74) is -2.69. The zero-order chi connectivity index (χ0) is 39.0. The zero-order valence-corrected chi connectivity index (χ0v) is 32.1. The Morgan fingerprint density at radius 3 is 2.34 bits per heavy atom. The lowest BCUT2D eigenvalue weighted by Gasteiger charge is -2.34. The number of ketones is 1. The van der Waals surface area contributed by atoms with Crippen LogP contribution >= 0.6 is 11.8 Å². The standard InChI is InChI=1S/C38H60N2O12S/c1-3-26-13-12-16-29(42)28(26)14-10-8-6-4-5-7-9-11-15-30(43)33(45)38(23-41,36(48)49)39-37(50)52-24-51-35(47)27-19-17-25(18-20-27)22-40-32(44)21-31(53-2)34(40)46/h9,11,25-28,30-31,33,41,43,45H,3-8,10,12-24H2,1-2H3,(H,39,50)(H,48,49)/b11-9+/t25?,26?,27?,28?,30-,31?,33+,38+/m1/s1. The second kappa shape index (κ2) is 22.4. The molecule has 2 aliphatic carbocycles. The maximum absolute atomic E-state index is 12.6. The monoisotopic (exact) mass is 768 g/mol. The number of aliphatic carboxylic acids is 1. The van der Waals surface area contributed by atoms with Crippen molar-refractivity contribution in [1.29, 1.82) is 0 Å². The maximum atomic E-state index is 12.6. The Balaban J connectivity index is 1.32. The number of Topliss-reactive ketones (excluding diaryl/α,β-unsaturated/α-hetero) is 1. The first-order valence-electron chi connectivity index (χ1n) is 19.2. The molecule has 6 atom stereocenters. The number of thioether (sulfide) groups is 1. The van der Waals surface area contributed by atoms with Crippen LogP contribution in [0.4, 0.5) is 4.79 Å². The van der Waals surface area contributed by atoms with Crippen molar-refractivity contribution in [3.05, 3.63) is 12.2 Å². The second-order valence-corrected chi connectivity index (χ2v) is 15.8. The molecule has 0 radical (unpaired) electrons. The number of hydrogen-bond acceptors (Lipinski definition) is 12. The Hall–Kier alpha value is -3.01. The number of aliphatic hydroxyl groups excluding tert-OH is 3. The van der Waals surface area contributed by atoms with E-state index < -0.39 is 55.1 Å². The van der Waals surface area contributed by atoms with Gasteiger partial charge in [-0.2, -0.15) is 11.8 Å². The van der Waals surface area contributed by atoms with Crippen LogP contribution in [0.15, 0.2) is 12.2 Å². The summed E-state index contributed by atoms with van der Waals surface area (Å²) < 4.78 is 9.89. The van der Waals surface area contributed by atoms with Crippen molar-refractivity contribution in [2.24, 2.45) is 23.7 Å². The van der Waals surface area contributed by atoms with Gasteiger partial charge in [-0.25, -0.2) is 9.59 Å². The third-order valence-corrected chi connectivity index (χ3v) is 12.2. The number of amides is 3. The highest BCUT2D eigenvalue weighted by Gasteiger charge is 2.50. The van der Waals surface area contributed by atoms with Gasteiger partial charge in [0.25, 0.3) is 0 Å². The fraction of sp³-hybridized carbons (Fsp3) is 0.789. The normalized spacial score (nSPS) is 25.9. The van der Waals surface area contributed by atoms with Gasteiger partial charge in [0, 0.05) is 25.3 Å². The van der Waals surface area contributed by atoms with E-state index in [2.05, 4.69) is 6.92 Å². The first-order chi connectivity index (χ1) is 25.4. The van der Waals surface area contributed by atoms with Gasteiger partial charge in [0.05, 0.1) is 23.9 Å². The van der Waals surface area contributed by atoms with E-state index in [0.29, 0.717) is 43.9 Å². The molecule has 3 amide bonds. The summed E-state index contributed by atoms with van der Waals surface area (Å²) in [5, 5.41) is 42.6. The largest absolute Gasteiger partial charge is 0.479 e. The number of hydrogen-bond donors (Lipinski definition) is 5. The third kappa shape index (κ3) is 12.8. The van der Waals surface area contributed by atoms with E-state index in [0.717, 1.165) is 70.6 Å². The number of carbonyl (C=O) groups excluding carboxylic acids is 5. The van der Waals surface area contributed by atoms with E-state index in [9.17, 15) is 49.2 Å². The van der Waals surface area contributed by atoms with Crippen LogP contribution < -0.4 is 5.32 Å². The predicted octanol–water partition coefficient (Wildman–Crippen LogP) is 4.12. The van der Waals surface area contributed by atoms with Gasteiger partial charge in [-0.15, -0.1) is 0 Å². The number of esters is 1. The Morgan fingerprint density at radius 1 is 1.00 bits per heavy atom. The van der Waals surface area contributed by atoms with E-state index in [1.807, 2.05) is 11.4 Å². The van der Waals surface area contributed by atoms with Gasteiger partial charge < -0.3 is 35.2 Å². The first-order valence-corrected chi connectivity index (χ1v) is 20.5. The number of carboxylic acids is 1. The van der Waals surface area contributed by atoms with Gasteiger partial charge in [0.15, 0.2) is 5.54 Å². The van der Waals surface area contributed by atoms with Crippen molar-refractivity contribution < 1.29 is 58.7 Å². The number of aliphatic hydroxyl groups is 3. The van der Waals surface area contributed by atoms with Crippen molar-refractivity contribution >= 4 is 47.4 Å². The van der Waals surface area contributed by atoms with E-state index in [1.165, 1.54) is 16.7 Å². The number of carboxylic acid groups (broad SMARTS) is 1. The Labute approximate surface area is 316 Å². The molecule has 300 valence electrons. The lowest BCUT2D eigenvalue weighted by molar-refractivity contribution is -0.162. The number of rotatable bonds is 22. The highest BCUT2D eigenvalue weighted by Crippen LogP contribution is 2.34. The number of unbranched alkanes of at least 4 members (excludes halogenated alkanes) is 5. The predicted molar refractivity (Wildman–Crippen MR) is 196 cm³/mol. The van der Waals surface area contributed by atoms with Crippen LogP contribution in [0.25, 0.3) is 0 Å². The minimum atomic E-state index is -2.69. The molecular formula is C38H60N2O12S. The summed E-state index contributed by atoms with van der Waals surface area (Å²) in [6, 6.07) is 0. The van der Waals surface area contributed by atoms with E-state index in [4.69, 9.17) is 9.47 Å². The minimum absolute atomic E-state index is 0.0642. The van der Waals surface area contributed by atoms with Gasteiger partial charge in [0.2, 0.25) is 18.6 Å². The Bertz CT molecular complexity index is 1270. The second-order valence-electron chi connectivity index (χ2n) is 14.8. The molecule has 0 aromatic carbocycles. The van der Waals surface area contributed by atoms with Crippen LogP contribution in [-0.2, 0) is 33.4 Å². The van der Waals surface area contributed by atoms with Crippen LogP contribution in [0.3, 0.4) is 0 Å². The SMILES string of the molecule is CCC1CCCC(=O)C1CCCCCCC/C=C/C[C@@H](O)[C@H](O)[C@](CO)(NC(=O)OCOC(=O)C1CCC(CN2C(=O)CC(SC)C2=O)CC1)C(=O)O. The molecule has 15 heteroatoms. The molecule has 1 saturated heterocycles. The number of alkyl carbamates (subject to hydrolysis) is 1. The number of imide groups is 1. The summed E-state index contributed by atoms with van der Waals surface area (Å²) >= 11 is 1.35. The first kappa shape index (κ1) is 44.4. The molecule has 0 bridgehead atoms. The average Bonchev–Trinajstić information content (AvgIpc) is 3.42. The molecule has 0 spiro atoms. The molecule has 3 unspecified atom stereocenters. The third-order valence-electron chi connectivity index (χ3n) is 11.3.